The summed E-state index contributed by atoms with van der Waals surface area (Å²) in [5.74, 6) is -1.31. The highest BCUT2D eigenvalue weighted by Crippen LogP contribution is 2.31. The van der Waals surface area contributed by atoms with Crippen molar-refractivity contribution in [2.24, 2.45) is 0 Å². The Balaban J connectivity index is 1.04. The van der Waals surface area contributed by atoms with Crippen molar-refractivity contribution in [3.63, 3.8) is 0 Å². The normalized spacial score (nSPS) is 19.8. The first-order valence-electron chi connectivity index (χ1n) is 15.1. The van der Waals surface area contributed by atoms with Crippen LogP contribution in [0.25, 0.3) is 6.08 Å². The average Bonchev–Trinajstić information content (AvgIpc) is 3.69. The number of rotatable bonds is 14. The van der Waals surface area contributed by atoms with E-state index in [1.165, 1.54) is 30.3 Å². The standard InChI is InChI=1S/C36H34O11/c1-2-31(37)42-21-7-6-20-41-27-15-11-25(12-16-27)35(39)45-28-17-13-26(14-18-28)36(40)47-30-23-44-33-29(22-43-34(30)33)46-32(38)19-10-24-8-4-3-5-9-24/h2-5,8-19,29-30,33-34H,1,6-7,20-23H2/t29-,30+,33-,34-/m1/s1. The minimum absolute atomic E-state index is 0.0989. The highest BCUT2D eigenvalue weighted by atomic mass is 16.7. The molecule has 0 amide bonds. The van der Waals surface area contributed by atoms with Gasteiger partial charge < -0.3 is 33.2 Å². The van der Waals surface area contributed by atoms with Crippen molar-refractivity contribution in [3.8, 4) is 11.5 Å². The number of ether oxygens (including phenoxy) is 7. The minimum Gasteiger partial charge on any atom is -0.494 e. The fourth-order valence-electron chi connectivity index (χ4n) is 4.89. The second-order valence-electron chi connectivity index (χ2n) is 10.6. The van der Waals surface area contributed by atoms with E-state index in [-0.39, 0.29) is 24.5 Å². The zero-order valence-corrected chi connectivity index (χ0v) is 25.5. The Morgan fingerprint density at radius 2 is 1.30 bits per heavy atom. The third kappa shape index (κ3) is 9.38. The Kier molecular flexibility index (Phi) is 11.5. The molecule has 2 saturated heterocycles. The molecule has 4 atom stereocenters. The number of carbonyl (C=O) groups excluding carboxylic acids is 4. The summed E-state index contributed by atoms with van der Waals surface area (Å²) in [6, 6.07) is 21.8. The summed E-state index contributed by atoms with van der Waals surface area (Å²) in [5, 5.41) is 0. The molecule has 0 aliphatic carbocycles. The van der Waals surface area contributed by atoms with Crippen LogP contribution in [-0.2, 0) is 33.3 Å². The van der Waals surface area contributed by atoms with E-state index >= 15 is 0 Å². The van der Waals surface area contributed by atoms with Gasteiger partial charge >= 0.3 is 23.9 Å². The molecule has 5 rings (SSSR count). The highest BCUT2D eigenvalue weighted by Gasteiger charge is 2.51. The van der Waals surface area contributed by atoms with Crippen molar-refractivity contribution in [3.05, 3.63) is 114 Å². The maximum absolute atomic E-state index is 12.9. The van der Waals surface area contributed by atoms with Gasteiger partial charge in [0, 0.05) is 12.2 Å². The van der Waals surface area contributed by atoms with Crippen LogP contribution in [0, 0.1) is 0 Å². The number of unbranched alkanes of at least 4 members (excludes halogenated alkanes) is 1. The number of esters is 4. The summed E-state index contributed by atoms with van der Waals surface area (Å²) in [6.07, 6.45) is 3.05. The van der Waals surface area contributed by atoms with E-state index in [1.54, 1.807) is 30.3 Å². The topological polar surface area (TPSA) is 133 Å². The van der Waals surface area contributed by atoms with Gasteiger partial charge in [0.25, 0.3) is 0 Å². The Labute approximate surface area is 271 Å². The van der Waals surface area contributed by atoms with E-state index in [0.717, 1.165) is 11.6 Å². The number of carbonyl (C=O) groups is 4. The van der Waals surface area contributed by atoms with Gasteiger partial charge in [0.1, 0.15) is 23.7 Å². The van der Waals surface area contributed by atoms with Crippen LogP contribution in [0.5, 0.6) is 11.5 Å². The molecule has 244 valence electrons. The summed E-state index contributed by atoms with van der Waals surface area (Å²) in [7, 11) is 0. The van der Waals surface area contributed by atoms with Gasteiger partial charge in [-0.25, -0.2) is 19.2 Å². The van der Waals surface area contributed by atoms with Crippen LogP contribution in [-0.4, -0.2) is 74.7 Å². The Morgan fingerprint density at radius 3 is 1.96 bits per heavy atom. The molecule has 0 spiro atoms. The van der Waals surface area contributed by atoms with E-state index in [2.05, 4.69) is 6.58 Å². The summed E-state index contributed by atoms with van der Waals surface area (Å²) in [5.41, 5.74) is 1.44. The first-order valence-corrected chi connectivity index (χ1v) is 15.1. The lowest BCUT2D eigenvalue weighted by Gasteiger charge is -2.17. The molecule has 2 fully saturated rings. The van der Waals surface area contributed by atoms with Gasteiger partial charge in [-0.15, -0.1) is 0 Å². The quantitative estimate of drug-likeness (QED) is 0.0794. The Hall–Kier alpha value is -5.26. The second-order valence-corrected chi connectivity index (χ2v) is 10.6. The fourth-order valence-corrected chi connectivity index (χ4v) is 4.89. The van der Waals surface area contributed by atoms with E-state index < -0.39 is 48.3 Å². The summed E-state index contributed by atoms with van der Waals surface area (Å²) >= 11 is 0. The molecular formula is C36H34O11. The number of hydrogen-bond donors (Lipinski definition) is 0. The van der Waals surface area contributed by atoms with Gasteiger partial charge in [-0.2, -0.15) is 0 Å². The van der Waals surface area contributed by atoms with Crippen molar-refractivity contribution < 1.29 is 52.3 Å². The predicted molar refractivity (Wildman–Crippen MR) is 168 cm³/mol. The van der Waals surface area contributed by atoms with Crippen molar-refractivity contribution in [2.75, 3.05) is 26.4 Å². The number of hydrogen-bond acceptors (Lipinski definition) is 11. The van der Waals surface area contributed by atoms with E-state index in [1.807, 2.05) is 30.3 Å². The third-order valence-corrected chi connectivity index (χ3v) is 7.31. The SMILES string of the molecule is C=CC(=O)OCCCCOc1ccc(C(=O)Oc2ccc(C(=O)O[C@H]3CO[C@H]4[C@@H]3OC[C@H]4OC(=O)C=Cc3ccccc3)cc2)cc1. The molecule has 0 radical (unpaired) electrons. The second kappa shape index (κ2) is 16.3. The molecule has 2 heterocycles. The molecule has 0 aromatic heterocycles. The zero-order chi connectivity index (χ0) is 33.0. The lowest BCUT2D eigenvalue weighted by Crippen LogP contribution is -2.35. The Bertz CT molecular complexity index is 1560. The van der Waals surface area contributed by atoms with Crippen molar-refractivity contribution >= 4 is 30.0 Å². The predicted octanol–water partition coefficient (Wildman–Crippen LogP) is 4.74. The maximum Gasteiger partial charge on any atom is 0.343 e. The summed E-state index contributed by atoms with van der Waals surface area (Å²) < 4.78 is 38.7. The van der Waals surface area contributed by atoms with Crippen molar-refractivity contribution in [1.29, 1.82) is 0 Å². The monoisotopic (exact) mass is 642 g/mol. The van der Waals surface area contributed by atoms with E-state index in [4.69, 9.17) is 33.2 Å². The van der Waals surface area contributed by atoms with Gasteiger partial charge in [-0.05, 0) is 73.0 Å². The molecule has 0 saturated carbocycles. The third-order valence-electron chi connectivity index (χ3n) is 7.31. The van der Waals surface area contributed by atoms with Crippen LogP contribution in [0.2, 0.25) is 0 Å². The lowest BCUT2D eigenvalue weighted by molar-refractivity contribution is -0.147. The molecular weight excluding hydrogens is 608 g/mol. The van der Waals surface area contributed by atoms with Crippen molar-refractivity contribution in [1.82, 2.24) is 0 Å². The highest BCUT2D eigenvalue weighted by molar-refractivity contribution is 5.92. The van der Waals surface area contributed by atoms with Gasteiger partial charge in [0.2, 0.25) is 0 Å². The number of fused-ring (bicyclic) bond motifs is 1. The number of benzene rings is 3. The van der Waals surface area contributed by atoms with E-state index in [0.29, 0.717) is 37.4 Å². The van der Waals surface area contributed by atoms with E-state index in [9.17, 15) is 19.2 Å². The van der Waals surface area contributed by atoms with Gasteiger partial charge in [-0.1, -0.05) is 36.9 Å². The van der Waals surface area contributed by atoms with Crippen LogP contribution in [0.3, 0.4) is 0 Å². The smallest absolute Gasteiger partial charge is 0.343 e. The molecule has 0 N–H and O–H groups in total. The molecule has 0 bridgehead atoms. The molecule has 47 heavy (non-hydrogen) atoms. The average molecular weight is 643 g/mol. The van der Waals surface area contributed by atoms with Crippen LogP contribution in [0.1, 0.15) is 39.1 Å². The largest absolute Gasteiger partial charge is 0.494 e. The Morgan fingerprint density at radius 1 is 0.702 bits per heavy atom. The zero-order valence-electron chi connectivity index (χ0n) is 25.5. The fraction of sp³-hybridized carbons (Fsp3) is 0.278. The van der Waals surface area contributed by atoms with Crippen LogP contribution in [0.4, 0.5) is 0 Å². The van der Waals surface area contributed by atoms with Crippen LogP contribution >= 0.6 is 0 Å². The van der Waals surface area contributed by atoms with Crippen LogP contribution in [0.15, 0.2) is 97.6 Å². The molecule has 3 aromatic rings. The first-order chi connectivity index (χ1) is 22.9. The summed E-state index contributed by atoms with van der Waals surface area (Å²) in [4.78, 5) is 48.8. The van der Waals surface area contributed by atoms with Crippen LogP contribution < -0.4 is 9.47 Å². The maximum atomic E-state index is 12.9. The molecule has 11 nitrogen and oxygen atoms in total. The molecule has 2 aliphatic heterocycles. The van der Waals surface area contributed by atoms with Gasteiger partial charge in [-0.3, -0.25) is 0 Å². The van der Waals surface area contributed by atoms with Gasteiger partial charge in [0.15, 0.2) is 12.2 Å². The molecule has 2 aliphatic rings. The van der Waals surface area contributed by atoms with Gasteiger partial charge in [0.05, 0.1) is 37.6 Å². The van der Waals surface area contributed by atoms with Crippen molar-refractivity contribution in [2.45, 2.75) is 37.3 Å². The molecule has 0 unspecified atom stereocenters. The minimum atomic E-state index is -0.678. The molecule has 11 heteroatoms. The first kappa shape index (κ1) is 33.1. The summed E-state index contributed by atoms with van der Waals surface area (Å²) in [6.45, 7) is 4.28. The molecule has 3 aromatic carbocycles. The lowest BCUT2D eigenvalue weighted by atomic mass is 10.1.